The zero-order valence-corrected chi connectivity index (χ0v) is 12.2. The van der Waals surface area contributed by atoms with Crippen molar-refractivity contribution in [3.63, 3.8) is 0 Å². The topological polar surface area (TPSA) is 45.2 Å². The number of nitrogens with one attached hydrogen (secondary N) is 1. The third kappa shape index (κ3) is 2.59. The molecule has 1 aromatic heterocycles. The third-order valence-corrected chi connectivity index (χ3v) is 4.33. The Morgan fingerprint density at radius 3 is 2.95 bits per heavy atom. The minimum atomic E-state index is 0.0960. The lowest BCUT2D eigenvalue weighted by atomic mass is 10.1. The Morgan fingerprint density at radius 1 is 1.40 bits per heavy atom. The molecular formula is C15H17N3OS. The van der Waals surface area contributed by atoms with Crippen molar-refractivity contribution in [2.24, 2.45) is 0 Å². The predicted molar refractivity (Wildman–Crippen MR) is 80.9 cm³/mol. The normalized spacial score (nSPS) is 19.1. The number of rotatable bonds is 2. The quantitative estimate of drug-likeness (QED) is 0.921. The predicted octanol–water partition coefficient (Wildman–Crippen LogP) is 2.24. The van der Waals surface area contributed by atoms with Gasteiger partial charge in [-0.2, -0.15) is 4.37 Å². The molecule has 1 aliphatic rings. The molecule has 0 spiro atoms. The molecule has 1 fully saturated rings. The van der Waals surface area contributed by atoms with E-state index >= 15 is 0 Å². The summed E-state index contributed by atoms with van der Waals surface area (Å²) in [5, 5.41) is 3.30. The Bertz CT molecular complexity index is 596. The van der Waals surface area contributed by atoms with Gasteiger partial charge in [0.25, 0.3) is 5.91 Å². The van der Waals surface area contributed by atoms with E-state index < -0.39 is 0 Å². The fourth-order valence-electron chi connectivity index (χ4n) is 2.41. The van der Waals surface area contributed by atoms with Crippen LogP contribution in [0.5, 0.6) is 0 Å². The number of carbonyl (C=O) groups is 1. The zero-order chi connectivity index (χ0) is 13.9. The van der Waals surface area contributed by atoms with Crippen molar-refractivity contribution in [3.8, 4) is 11.3 Å². The number of piperazine rings is 1. The van der Waals surface area contributed by atoms with Gasteiger partial charge < -0.3 is 10.2 Å². The van der Waals surface area contributed by atoms with E-state index in [9.17, 15) is 4.79 Å². The molecule has 1 saturated heterocycles. The minimum absolute atomic E-state index is 0.0960. The lowest BCUT2D eigenvalue weighted by molar-refractivity contribution is 0.0661. The van der Waals surface area contributed by atoms with E-state index in [1.165, 1.54) is 11.5 Å². The molecule has 1 N–H and O–H groups in total. The summed E-state index contributed by atoms with van der Waals surface area (Å²) >= 11 is 1.29. The molecule has 1 atom stereocenters. The lowest BCUT2D eigenvalue weighted by Gasteiger charge is -2.33. The van der Waals surface area contributed by atoms with Crippen molar-refractivity contribution in [1.82, 2.24) is 14.6 Å². The summed E-state index contributed by atoms with van der Waals surface area (Å²) in [5.41, 5.74) is 1.93. The molecular weight excluding hydrogens is 270 g/mol. The van der Waals surface area contributed by atoms with Gasteiger partial charge in [0.1, 0.15) is 4.88 Å². The number of carbonyl (C=O) groups excluding carboxylic acids is 1. The number of hydrogen-bond acceptors (Lipinski definition) is 4. The molecule has 4 nitrogen and oxygen atoms in total. The highest BCUT2D eigenvalue weighted by Crippen LogP contribution is 2.23. The Labute approximate surface area is 122 Å². The minimum Gasteiger partial charge on any atom is -0.333 e. The molecule has 0 saturated carbocycles. The van der Waals surface area contributed by atoms with Crippen LogP contribution in [-0.2, 0) is 0 Å². The first-order valence-electron chi connectivity index (χ1n) is 6.79. The largest absolute Gasteiger partial charge is 0.333 e. The maximum Gasteiger partial charge on any atom is 0.265 e. The van der Waals surface area contributed by atoms with E-state index in [0.29, 0.717) is 0 Å². The van der Waals surface area contributed by atoms with Crippen LogP contribution in [0, 0.1) is 0 Å². The molecule has 1 aliphatic heterocycles. The van der Waals surface area contributed by atoms with Gasteiger partial charge in [-0.1, -0.05) is 30.3 Å². The standard InChI is InChI=1S/C15H17N3OS/c1-11-10-16-7-8-18(11)15(19)14-9-13(17-20-14)12-5-3-2-4-6-12/h2-6,9,11,16H,7-8,10H2,1H3/t11-/m0/s1. The van der Waals surface area contributed by atoms with Crippen molar-refractivity contribution in [2.75, 3.05) is 19.6 Å². The second-order valence-electron chi connectivity index (χ2n) is 4.99. The molecule has 2 aromatic rings. The molecule has 0 aliphatic carbocycles. The van der Waals surface area contributed by atoms with Gasteiger partial charge in [0.15, 0.2) is 0 Å². The maximum atomic E-state index is 12.5. The van der Waals surface area contributed by atoms with Crippen molar-refractivity contribution in [2.45, 2.75) is 13.0 Å². The zero-order valence-electron chi connectivity index (χ0n) is 11.4. The average molecular weight is 287 g/mol. The number of amides is 1. The van der Waals surface area contributed by atoms with Crippen molar-refractivity contribution in [3.05, 3.63) is 41.3 Å². The monoisotopic (exact) mass is 287 g/mol. The highest BCUT2D eigenvalue weighted by molar-refractivity contribution is 7.08. The van der Waals surface area contributed by atoms with Crippen LogP contribution >= 0.6 is 11.5 Å². The second kappa shape index (κ2) is 5.73. The van der Waals surface area contributed by atoms with Gasteiger partial charge in [0.05, 0.1) is 5.69 Å². The highest BCUT2D eigenvalue weighted by atomic mass is 32.1. The molecule has 1 aromatic carbocycles. The van der Waals surface area contributed by atoms with Crippen LogP contribution in [0.25, 0.3) is 11.3 Å². The molecule has 3 rings (SSSR count). The van der Waals surface area contributed by atoms with E-state index in [-0.39, 0.29) is 11.9 Å². The van der Waals surface area contributed by atoms with E-state index in [2.05, 4.69) is 16.6 Å². The third-order valence-electron chi connectivity index (χ3n) is 3.55. The van der Waals surface area contributed by atoms with Crippen LogP contribution < -0.4 is 5.32 Å². The molecule has 0 unspecified atom stereocenters. The number of aromatic nitrogens is 1. The average Bonchev–Trinajstić information content (AvgIpc) is 2.98. The molecule has 20 heavy (non-hydrogen) atoms. The Morgan fingerprint density at radius 2 is 2.20 bits per heavy atom. The molecule has 104 valence electrons. The van der Waals surface area contributed by atoms with Gasteiger partial charge in [-0.05, 0) is 24.5 Å². The molecule has 2 heterocycles. The van der Waals surface area contributed by atoms with E-state index in [1.807, 2.05) is 41.3 Å². The number of nitrogens with zero attached hydrogens (tertiary/aromatic N) is 2. The summed E-state index contributed by atoms with van der Waals surface area (Å²) in [6.45, 7) is 4.55. The van der Waals surface area contributed by atoms with Crippen LogP contribution in [-0.4, -0.2) is 40.9 Å². The van der Waals surface area contributed by atoms with E-state index in [1.54, 1.807) is 0 Å². The fraction of sp³-hybridized carbons (Fsp3) is 0.333. The van der Waals surface area contributed by atoms with Crippen LogP contribution in [0.2, 0.25) is 0 Å². The maximum absolute atomic E-state index is 12.5. The molecule has 0 bridgehead atoms. The van der Waals surface area contributed by atoms with Crippen molar-refractivity contribution < 1.29 is 4.79 Å². The van der Waals surface area contributed by atoms with Crippen LogP contribution in [0.1, 0.15) is 16.6 Å². The van der Waals surface area contributed by atoms with Crippen LogP contribution in [0.3, 0.4) is 0 Å². The van der Waals surface area contributed by atoms with Gasteiger partial charge in [-0.25, -0.2) is 0 Å². The van der Waals surface area contributed by atoms with Crippen molar-refractivity contribution >= 4 is 17.4 Å². The summed E-state index contributed by atoms with van der Waals surface area (Å²) < 4.78 is 4.41. The smallest absolute Gasteiger partial charge is 0.265 e. The Balaban J connectivity index is 1.81. The first kappa shape index (κ1) is 13.3. The van der Waals surface area contributed by atoms with Gasteiger partial charge in [0.2, 0.25) is 0 Å². The fourth-order valence-corrected chi connectivity index (χ4v) is 3.12. The second-order valence-corrected chi connectivity index (χ2v) is 5.80. The Kier molecular flexibility index (Phi) is 3.80. The molecule has 0 radical (unpaired) electrons. The van der Waals surface area contributed by atoms with Crippen molar-refractivity contribution in [1.29, 1.82) is 0 Å². The van der Waals surface area contributed by atoms with Crippen LogP contribution in [0.15, 0.2) is 36.4 Å². The summed E-state index contributed by atoms with van der Waals surface area (Å²) in [4.78, 5) is 15.2. The van der Waals surface area contributed by atoms with E-state index in [0.717, 1.165) is 35.8 Å². The van der Waals surface area contributed by atoms with Gasteiger partial charge >= 0.3 is 0 Å². The first-order valence-corrected chi connectivity index (χ1v) is 7.57. The van der Waals surface area contributed by atoms with Gasteiger partial charge in [-0.15, -0.1) is 0 Å². The van der Waals surface area contributed by atoms with E-state index in [4.69, 9.17) is 0 Å². The van der Waals surface area contributed by atoms with Gasteiger partial charge in [-0.3, -0.25) is 4.79 Å². The summed E-state index contributed by atoms with van der Waals surface area (Å²) in [7, 11) is 0. The lowest BCUT2D eigenvalue weighted by Crippen LogP contribution is -2.52. The summed E-state index contributed by atoms with van der Waals surface area (Å²) in [6.07, 6.45) is 0. The van der Waals surface area contributed by atoms with Crippen LogP contribution in [0.4, 0.5) is 0 Å². The highest BCUT2D eigenvalue weighted by Gasteiger charge is 2.25. The first-order chi connectivity index (χ1) is 9.75. The summed E-state index contributed by atoms with van der Waals surface area (Å²) in [6, 6.07) is 12.1. The molecule has 5 heteroatoms. The van der Waals surface area contributed by atoms with Gasteiger partial charge in [0, 0.05) is 31.2 Å². The number of benzene rings is 1. The molecule has 1 amide bonds. The SMILES string of the molecule is C[C@H]1CNCCN1C(=O)c1cc(-c2ccccc2)ns1. The Hall–Kier alpha value is -1.72. The summed E-state index contributed by atoms with van der Waals surface area (Å²) in [5.74, 6) is 0.0960. The number of hydrogen-bond donors (Lipinski definition) is 1.